The van der Waals surface area contributed by atoms with Crippen molar-refractivity contribution in [3.05, 3.63) is 0 Å². The smallest absolute Gasteiger partial charge is 0.0126 e. The van der Waals surface area contributed by atoms with Crippen LogP contribution in [0.3, 0.4) is 0 Å². The van der Waals surface area contributed by atoms with Crippen LogP contribution in [0.1, 0.15) is 60.8 Å². The van der Waals surface area contributed by atoms with Crippen molar-refractivity contribution < 1.29 is 0 Å². The van der Waals surface area contributed by atoms with E-state index in [1.807, 2.05) is 0 Å². The first-order chi connectivity index (χ1) is 10.6. The zero-order valence-electron chi connectivity index (χ0n) is 16.5. The number of nitrogens with zero attached hydrogens (tertiary/aromatic N) is 3. The first-order valence-electron chi connectivity index (χ1n) is 9.80. The van der Waals surface area contributed by atoms with Gasteiger partial charge < -0.3 is 4.90 Å². The van der Waals surface area contributed by atoms with Crippen LogP contribution in [0.25, 0.3) is 0 Å². The second kappa shape index (κ2) is 6.00. The van der Waals surface area contributed by atoms with Crippen LogP contribution in [0.15, 0.2) is 0 Å². The summed E-state index contributed by atoms with van der Waals surface area (Å²) in [6.45, 7) is 23.2. The predicted octanol–water partition coefficient (Wildman–Crippen LogP) is 3.30. The number of hydrogen-bond donors (Lipinski definition) is 0. The average molecular weight is 322 g/mol. The van der Waals surface area contributed by atoms with Crippen molar-refractivity contribution in [3.63, 3.8) is 0 Å². The second-order valence-electron chi connectivity index (χ2n) is 10.6. The van der Waals surface area contributed by atoms with Gasteiger partial charge in [0.15, 0.2) is 0 Å². The molecule has 2 aliphatic heterocycles. The summed E-state index contributed by atoms with van der Waals surface area (Å²) in [6, 6.07) is 0. The fourth-order valence-corrected chi connectivity index (χ4v) is 5.10. The maximum Gasteiger partial charge on any atom is 0.0126 e. The number of likely N-dealkylation sites (tertiary alicyclic amines) is 1. The maximum atomic E-state index is 2.73. The summed E-state index contributed by atoms with van der Waals surface area (Å²) in [5.74, 6) is 0.969. The molecule has 1 saturated carbocycles. The highest BCUT2D eigenvalue weighted by Crippen LogP contribution is 2.53. The highest BCUT2D eigenvalue weighted by atomic mass is 15.3. The van der Waals surface area contributed by atoms with Gasteiger partial charge in [-0.1, -0.05) is 0 Å². The molecule has 0 aromatic rings. The van der Waals surface area contributed by atoms with E-state index in [0.717, 1.165) is 5.92 Å². The van der Waals surface area contributed by atoms with Gasteiger partial charge in [-0.25, -0.2) is 0 Å². The van der Waals surface area contributed by atoms with Gasteiger partial charge in [-0.15, -0.1) is 0 Å². The van der Waals surface area contributed by atoms with Crippen molar-refractivity contribution in [3.8, 4) is 0 Å². The molecule has 0 amide bonds. The van der Waals surface area contributed by atoms with E-state index >= 15 is 0 Å². The Morgan fingerprint density at radius 3 is 1.83 bits per heavy atom. The lowest BCUT2D eigenvalue weighted by Crippen LogP contribution is -2.55. The molecule has 0 radical (unpaired) electrons. The van der Waals surface area contributed by atoms with Crippen LogP contribution in [-0.4, -0.2) is 71.6 Å². The van der Waals surface area contributed by atoms with Crippen molar-refractivity contribution in [1.82, 2.24) is 14.7 Å². The number of hydrogen-bond acceptors (Lipinski definition) is 3. The van der Waals surface area contributed by atoms with E-state index in [-0.39, 0.29) is 0 Å². The van der Waals surface area contributed by atoms with Crippen LogP contribution in [0.2, 0.25) is 0 Å². The minimum Gasteiger partial charge on any atom is -0.301 e. The summed E-state index contributed by atoms with van der Waals surface area (Å²) in [7, 11) is 0. The third-order valence-corrected chi connectivity index (χ3v) is 6.67. The molecule has 0 unspecified atom stereocenters. The lowest BCUT2D eigenvalue weighted by atomic mass is 9.61. The van der Waals surface area contributed by atoms with Crippen LogP contribution in [-0.2, 0) is 0 Å². The van der Waals surface area contributed by atoms with Crippen LogP contribution in [0.4, 0.5) is 0 Å². The average Bonchev–Trinajstić information content (AvgIpc) is 2.83. The van der Waals surface area contributed by atoms with Crippen molar-refractivity contribution in [2.45, 2.75) is 71.9 Å². The summed E-state index contributed by atoms with van der Waals surface area (Å²) in [5.41, 5.74) is 1.38. The molecule has 3 fully saturated rings. The molecule has 2 heterocycles. The largest absolute Gasteiger partial charge is 0.301 e. The van der Waals surface area contributed by atoms with Crippen LogP contribution >= 0.6 is 0 Å². The minimum atomic E-state index is 0.340. The zero-order valence-corrected chi connectivity index (χ0v) is 16.5. The monoisotopic (exact) mass is 321 g/mol. The van der Waals surface area contributed by atoms with Crippen molar-refractivity contribution in [1.29, 1.82) is 0 Å². The Bertz CT molecular complexity index is 404. The van der Waals surface area contributed by atoms with E-state index in [0.29, 0.717) is 16.5 Å². The molecule has 23 heavy (non-hydrogen) atoms. The molecule has 3 nitrogen and oxygen atoms in total. The molecule has 0 N–H and O–H groups in total. The molecule has 0 bridgehead atoms. The van der Waals surface area contributed by atoms with Crippen LogP contribution in [0.5, 0.6) is 0 Å². The van der Waals surface area contributed by atoms with Gasteiger partial charge in [-0.3, -0.25) is 9.80 Å². The van der Waals surface area contributed by atoms with Gasteiger partial charge in [0, 0.05) is 50.3 Å². The molecular weight excluding hydrogens is 282 g/mol. The zero-order chi connectivity index (χ0) is 16.9. The molecule has 1 spiro atoms. The number of rotatable bonds is 2. The molecular formula is C20H39N3. The molecule has 3 rings (SSSR count). The minimum absolute atomic E-state index is 0.340. The SMILES string of the molecule is CC(C)(C)N1CCN(CC2CC3(CCN(C(C)(C)C)C3)C2)CC1. The first-order valence-corrected chi connectivity index (χ1v) is 9.80. The quantitative estimate of drug-likeness (QED) is 0.772. The van der Waals surface area contributed by atoms with Gasteiger partial charge in [-0.2, -0.15) is 0 Å². The Kier molecular flexibility index (Phi) is 4.61. The van der Waals surface area contributed by atoms with Crippen molar-refractivity contribution in [2.75, 3.05) is 45.8 Å². The van der Waals surface area contributed by atoms with Gasteiger partial charge >= 0.3 is 0 Å². The Labute approximate surface area is 144 Å². The van der Waals surface area contributed by atoms with Gasteiger partial charge in [0.1, 0.15) is 0 Å². The molecule has 2 saturated heterocycles. The standard InChI is InChI=1S/C20H39N3/c1-18(2,3)22-11-9-21(10-12-22)15-17-13-20(14-17)7-8-23(16-20)19(4,5)6/h17H,7-16H2,1-6H3. The van der Waals surface area contributed by atoms with Crippen LogP contribution < -0.4 is 0 Å². The Morgan fingerprint density at radius 1 is 0.783 bits per heavy atom. The van der Waals surface area contributed by atoms with E-state index in [2.05, 4.69) is 56.2 Å². The molecule has 0 atom stereocenters. The predicted molar refractivity (Wildman–Crippen MR) is 98.9 cm³/mol. The highest BCUT2D eigenvalue weighted by Gasteiger charge is 2.50. The third kappa shape index (κ3) is 3.93. The topological polar surface area (TPSA) is 9.72 Å². The van der Waals surface area contributed by atoms with E-state index in [9.17, 15) is 0 Å². The summed E-state index contributed by atoms with van der Waals surface area (Å²) in [6.07, 6.45) is 4.41. The highest BCUT2D eigenvalue weighted by molar-refractivity contribution is 5.03. The maximum absolute atomic E-state index is 2.73. The molecule has 1 aliphatic carbocycles. The summed E-state index contributed by atoms with van der Waals surface area (Å²) < 4.78 is 0. The fourth-order valence-electron chi connectivity index (χ4n) is 5.10. The third-order valence-electron chi connectivity index (χ3n) is 6.67. The van der Waals surface area contributed by atoms with Gasteiger partial charge in [0.2, 0.25) is 0 Å². The summed E-state index contributed by atoms with van der Waals surface area (Å²) >= 11 is 0. The Balaban J connectivity index is 1.40. The normalized spacial score (nSPS) is 35.0. The van der Waals surface area contributed by atoms with E-state index in [1.165, 1.54) is 65.1 Å². The van der Waals surface area contributed by atoms with E-state index in [4.69, 9.17) is 0 Å². The van der Waals surface area contributed by atoms with Crippen molar-refractivity contribution >= 4 is 0 Å². The van der Waals surface area contributed by atoms with Gasteiger partial charge in [-0.05, 0) is 78.7 Å². The van der Waals surface area contributed by atoms with Crippen LogP contribution in [0, 0.1) is 11.3 Å². The molecule has 0 aromatic carbocycles. The first kappa shape index (κ1) is 17.7. The molecule has 3 heteroatoms. The van der Waals surface area contributed by atoms with E-state index in [1.54, 1.807) is 0 Å². The Morgan fingerprint density at radius 2 is 1.35 bits per heavy atom. The second-order valence-corrected chi connectivity index (χ2v) is 10.6. The number of piperazine rings is 1. The van der Waals surface area contributed by atoms with Gasteiger partial charge in [0.05, 0.1) is 0 Å². The summed E-state index contributed by atoms with van der Waals surface area (Å²) in [5, 5.41) is 0. The van der Waals surface area contributed by atoms with E-state index < -0.39 is 0 Å². The lowest BCUT2D eigenvalue weighted by molar-refractivity contribution is 0.00361. The molecule has 134 valence electrons. The van der Waals surface area contributed by atoms with Gasteiger partial charge in [0.25, 0.3) is 0 Å². The molecule has 0 aromatic heterocycles. The summed E-state index contributed by atoms with van der Waals surface area (Å²) in [4.78, 5) is 8.09. The molecule has 3 aliphatic rings. The Hall–Kier alpha value is -0.120. The fraction of sp³-hybridized carbons (Fsp3) is 1.00. The van der Waals surface area contributed by atoms with Crippen molar-refractivity contribution in [2.24, 2.45) is 11.3 Å². The lowest BCUT2D eigenvalue weighted by Gasteiger charge is -2.49.